The minimum Gasteiger partial charge on any atom is -0.376 e. The molecule has 0 aromatic rings. The zero-order valence-corrected chi connectivity index (χ0v) is 15.1. The van der Waals surface area contributed by atoms with Crippen LogP contribution in [0.15, 0.2) is 12.3 Å². The zero-order valence-electron chi connectivity index (χ0n) is 15.1. The van der Waals surface area contributed by atoms with Crippen LogP contribution in [0.2, 0.25) is 0 Å². The number of aliphatic hydroxyl groups excluding tert-OH is 1. The van der Waals surface area contributed by atoms with Crippen LogP contribution < -0.4 is 10.6 Å². The summed E-state index contributed by atoms with van der Waals surface area (Å²) in [4.78, 5) is 11.0. The van der Waals surface area contributed by atoms with Gasteiger partial charge in [0.05, 0.1) is 0 Å². The standard InChI is InChI=1S/C19H38N2O2/c1-2-3-4-5-6-7-8-9-10-11-12-13-14-15-16-17-20-19(23)21-18-22/h16-17,22H,2-15,18H2,1H3,(H2,20,21,23)/b17-16+. The first-order chi connectivity index (χ1) is 11.3. The Morgan fingerprint density at radius 3 is 1.78 bits per heavy atom. The molecule has 136 valence electrons. The molecule has 0 aliphatic heterocycles. The zero-order chi connectivity index (χ0) is 17.0. The molecule has 0 spiro atoms. The summed E-state index contributed by atoms with van der Waals surface area (Å²) in [5.74, 6) is 0. The number of carbonyl (C=O) groups is 1. The van der Waals surface area contributed by atoms with Crippen LogP contribution in [0.25, 0.3) is 0 Å². The molecule has 0 aromatic carbocycles. The van der Waals surface area contributed by atoms with Gasteiger partial charge in [-0.25, -0.2) is 4.79 Å². The maximum absolute atomic E-state index is 11.0. The fourth-order valence-electron chi connectivity index (χ4n) is 2.62. The first-order valence-corrected chi connectivity index (χ1v) is 9.61. The van der Waals surface area contributed by atoms with Gasteiger partial charge in [0, 0.05) is 6.20 Å². The molecule has 0 fully saturated rings. The van der Waals surface area contributed by atoms with Gasteiger partial charge in [-0.15, -0.1) is 0 Å². The third-order valence-electron chi connectivity index (χ3n) is 4.05. The van der Waals surface area contributed by atoms with Gasteiger partial charge in [-0.05, 0) is 12.8 Å². The van der Waals surface area contributed by atoms with Gasteiger partial charge in [-0.2, -0.15) is 0 Å². The van der Waals surface area contributed by atoms with E-state index in [9.17, 15) is 4.79 Å². The van der Waals surface area contributed by atoms with Gasteiger partial charge < -0.3 is 15.7 Å². The first-order valence-electron chi connectivity index (χ1n) is 9.61. The average Bonchev–Trinajstić information content (AvgIpc) is 2.54. The Balaban J connectivity index is 3.10. The molecule has 2 amide bonds. The van der Waals surface area contributed by atoms with Crippen LogP contribution in [0.1, 0.15) is 96.8 Å². The van der Waals surface area contributed by atoms with Crippen molar-refractivity contribution in [3.8, 4) is 0 Å². The van der Waals surface area contributed by atoms with Crippen molar-refractivity contribution in [2.24, 2.45) is 0 Å². The van der Waals surface area contributed by atoms with E-state index in [0.717, 1.165) is 6.42 Å². The molecule has 4 heteroatoms. The van der Waals surface area contributed by atoms with Gasteiger partial charge in [-0.1, -0.05) is 90.0 Å². The van der Waals surface area contributed by atoms with Crippen molar-refractivity contribution in [1.29, 1.82) is 0 Å². The quantitative estimate of drug-likeness (QED) is 0.269. The van der Waals surface area contributed by atoms with Crippen LogP contribution in [0.3, 0.4) is 0 Å². The molecule has 3 N–H and O–H groups in total. The number of unbranched alkanes of at least 4 members (excludes halogenated alkanes) is 13. The van der Waals surface area contributed by atoms with Gasteiger partial charge in [0.15, 0.2) is 0 Å². The fraction of sp³-hybridized carbons (Fsp3) is 0.842. The summed E-state index contributed by atoms with van der Waals surface area (Å²) in [6.45, 7) is 1.93. The summed E-state index contributed by atoms with van der Waals surface area (Å²) in [5, 5.41) is 13.3. The Morgan fingerprint density at radius 1 is 0.826 bits per heavy atom. The number of amides is 2. The van der Waals surface area contributed by atoms with E-state index in [1.165, 1.54) is 83.5 Å². The second kappa shape index (κ2) is 19.0. The van der Waals surface area contributed by atoms with Gasteiger partial charge in [0.2, 0.25) is 0 Å². The number of urea groups is 1. The first kappa shape index (κ1) is 22.0. The second-order valence-electron chi connectivity index (χ2n) is 6.24. The summed E-state index contributed by atoms with van der Waals surface area (Å²) < 4.78 is 0. The van der Waals surface area contributed by atoms with Crippen LogP contribution in [0, 0.1) is 0 Å². The topological polar surface area (TPSA) is 61.4 Å². The van der Waals surface area contributed by atoms with Crippen molar-refractivity contribution in [3.05, 3.63) is 12.3 Å². The van der Waals surface area contributed by atoms with Crippen molar-refractivity contribution in [1.82, 2.24) is 10.6 Å². The molecule has 0 bridgehead atoms. The van der Waals surface area contributed by atoms with Gasteiger partial charge in [0.25, 0.3) is 0 Å². The number of allylic oxidation sites excluding steroid dienone is 1. The molecule has 0 atom stereocenters. The smallest absolute Gasteiger partial charge is 0.320 e. The van der Waals surface area contributed by atoms with Gasteiger partial charge in [0.1, 0.15) is 6.73 Å². The van der Waals surface area contributed by atoms with Gasteiger partial charge in [-0.3, -0.25) is 0 Å². The summed E-state index contributed by atoms with van der Waals surface area (Å²) in [7, 11) is 0. The summed E-state index contributed by atoms with van der Waals surface area (Å²) >= 11 is 0. The predicted octanol–water partition coefficient (Wildman–Crippen LogP) is 5.23. The van der Waals surface area contributed by atoms with E-state index >= 15 is 0 Å². The highest BCUT2D eigenvalue weighted by atomic mass is 16.3. The SMILES string of the molecule is CCCCCCCCCCCCCCC/C=C/NC(=O)NCO. The van der Waals surface area contributed by atoms with Gasteiger partial charge >= 0.3 is 6.03 Å². The molecule has 4 nitrogen and oxygen atoms in total. The third-order valence-corrected chi connectivity index (χ3v) is 4.05. The molecule has 0 unspecified atom stereocenters. The number of carbonyl (C=O) groups excluding carboxylic acids is 1. The largest absolute Gasteiger partial charge is 0.376 e. The van der Waals surface area contributed by atoms with Crippen molar-refractivity contribution in [2.75, 3.05) is 6.73 Å². The number of hydrogen-bond donors (Lipinski definition) is 3. The predicted molar refractivity (Wildman–Crippen MR) is 98.2 cm³/mol. The van der Waals surface area contributed by atoms with Crippen molar-refractivity contribution >= 4 is 6.03 Å². The van der Waals surface area contributed by atoms with Crippen LogP contribution >= 0.6 is 0 Å². The Labute approximate surface area is 143 Å². The highest BCUT2D eigenvalue weighted by Crippen LogP contribution is 2.12. The lowest BCUT2D eigenvalue weighted by atomic mass is 10.0. The minimum absolute atomic E-state index is 0.335. The molecule has 0 aliphatic carbocycles. The Bertz CT molecular complexity index is 281. The highest BCUT2D eigenvalue weighted by Gasteiger charge is 1.94. The summed E-state index contributed by atoms with van der Waals surface area (Å²) in [5.41, 5.74) is 0. The van der Waals surface area contributed by atoms with Crippen molar-refractivity contribution in [2.45, 2.75) is 96.8 Å². The lowest BCUT2D eigenvalue weighted by Gasteiger charge is -2.02. The number of aliphatic hydroxyl groups is 1. The molecule has 0 saturated carbocycles. The maximum atomic E-state index is 11.0. The Morgan fingerprint density at radius 2 is 1.30 bits per heavy atom. The molecular formula is C19H38N2O2. The maximum Gasteiger partial charge on any atom is 0.320 e. The van der Waals surface area contributed by atoms with E-state index in [4.69, 9.17) is 5.11 Å². The lowest BCUT2D eigenvalue weighted by Crippen LogP contribution is -2.32. The lowest BCUT2D eigenvalue weighted by molar-refractivity contribution is 0.220. The Hall–Kier alpha value is -1.03. The molecule has 0 heterocycles. The van der Waals surface area contributed by atoms with E-state index in [1.807, 2.05) is 6.08 Å². The average molecular weight is 327 g/mol. The van der Waals surface area contributed by atoms with E-state index in [-0.39, 0.29) is 12.8 Å². The monoisotopic (exact) mass is 326 g/mol. The van der Waals surface area contributed by atoms with E-state index in [0.29, 0.717) is 0 Å². The number of rotatable bonds is 16. The summed E-state index contributed by atoms with van der Waals surface area (Å²) in [6.07, 6.45) is 22.4. The Kier molecular flexibility index (Phi) is 18.2. The molecule has 0 aliphatic rings. The molecule has 0 aromatic heterocycles. The summed E-state index contributed by atoms with van der Waals surface area (Å²) in [6, 6.07) is -0.367. The van der Waals surface area contributed by atoms with E-state index in [2.05, 4.69) is 17.6 Å². The highest BCUT2D eigenvalue weighted by molar-refractivity contribution is 5.74. The van der Waals surface area contributed by atoms with Crippen LogP contribution in [0.4, 0.5) is 4.79 Å². The molecule has 0 rings (SSSR count). The van der Waals surface area contributed by atoms with Crippen LogP contribution in [-0.2, 0) is 0 Å². The second-order valence-corrected chi connectivity index (χ2v) is 6.24. The number of hydrogen-bond acceptors (Lipinski definition) is 2. The fourth-order valence-corrected chi connectivity index (χ4v) is 2.62. The van der Waals surface area contributed by atoms with E-state index < -0.39 is 0 Å². The molecule has 0 saturated heterocycles. The molecular weight excluding hydrogens is 288 g/mol. The van der Waals surface area contributed by atoms with E-state index in [1.54, 1.807) is 6.20 Å². The number of nitrogens with one attached hydrogen (secondary N) is 2. The van der Waals surface area contributed by atoms with Crippen molar-refractivity contribution < 1.29 is 9.90 Å². The van der Waals surface area contributed by atoms with Crippen molar-refractivity contribution in [3.63, 3.8) is 0 Å². The minimum atomic E-state index is -0.367. The normalized spacial score (nSPS) is 11.0. The van der Waals surface area contributed by atoms with Crippen LogP contribution in [0.5, 0.6) is 0 Å². The third kappa shape index (κ3) is 18.9. The van der Waals surface area contributed by atoms with Crippen LogP contribution in [-0.4, -0.2) is 17.9 Å². The molecule has 23 heavy (non-hydrogen) atoms. The molecule has 0 radical (unpaired) electrons.